The van der Waals surface area contributed by atoms with Crippen molar-refractivity contribution >= 4 is 95.6 Å². The highest BCUT2D eigenvalue weighted by Gasteiger charge is 2.23. The molecule has 0 aromatic heterocycles. The van der Waals surface area contributed by atoms with Crippen LogP contribution in [-0.2, 0) is 0 Å². The van der Waals surface area contributed by atoms with E-state index in [-0.39, 0.29) is 29.1 Å². The van der Waals surface area contributed by atoms with Crippen LogP contribution in [0.2, 0.25) is 0 Å². The van der Waals surface area contributed by atoms with E-state index in [0.717, 1.165) is 23.1 Å². The molecule has 31 heavy (non-hydrogen) atoms. The average Bonchev–Trinajstić information content (AvgIpc) is 2.71. The average molecular weight is 808 g/mol. The molecule has 0 amide bonds. The molecule has 1 atom stereocenters. The molecule has 0 spiro atoms. The fourth-order valence-electron chi connectivity index (χ4n) is 3.40. The molecule has 9 heteroatoms. The highest BCUT2D eigenvalue weighted by molar-refractivity contribution is 9.11. The summed E-state index contributed by atoms with van der Waals surface area (Å²) in [5.74, 6) is 0.564. The molecule has 164 valence electrons. The van der Waals surface area contributed by atoms with Crippen LogP contribution in [0.1, 0.15) is 41.9 Å². The minimum atomic E-state index is -0.0391. The van der Waals surface area contributed by atoms with Gasteiger partial charge in [0.2, 0.25) is 0 Å². The van der Waals surface area contributed by atoms with Gasteiger partial charge in [0, 0.05) is 5.92 Å². The zero-order chi connectivity index (χ0) is 23.0. The molecular formula is C22H16Br6O3. The minimum absolute atomic E-state index is 0.0391. The highest BCUT2D eigenvalue weighted by atomic mass is 79.9. The molecule has 3 aromatic rings. The number of rotatable bonds is 5. The van der Waals surface area contributed by atoms with E-state index in [1.807, 2.05) is 36.4 Å². The summed E-state index contributed by atoms with van der Waals surface area (Å²) < 4.78 is 3.65. The van der Waals surface area contributed by atoms with Crippen LogP contribution < -0.4 is 0 Å². The van der Waals surface area contributed by atoms with Gasteiger partial charge >= 0.3 is 0 Å². The molecule has 0 aliphatic heterocycles. The van der Waals surface area contributed by atoms with E-state index in [4.69, 9.17) is 0 Å². The summed E-state index contributed by atoms with van der Waals surface area (Å²) in [7, 11) is 0. The van der Waals surface area contributed by atoms with Crippen molar-refractivity contribution < 1.29 is 15.3 Å². The molecule has 0 radical (unpaired) electrons. The Labute approximate surface area is 231 Å². The molecule has 0 saturated carbocycles. The second-order valence-electron chi connectivity index (χ2n) is 7.19. The number of hydrogen-bond donors (Lipinski definition) is 3. The van der Waals surface area contributed by atoms with E-state index in [1.165, 1.54) is 0 Å². The third kappa shape index (κ3) is 5.72. The zero-order valence-electron chi connectivity index (χ0n) is 15.9. The Hall–Kier alpha value is -0.0600. The Morgan fingerprint density at radius 2 is 0.806 bits per heavy atom. The van der Waals surface area contributed by atoms with Crippen LogP contribution in [0.15, 0.2) is 63.2 Å². The van der Waals surface area contributed by atoms with E-state index < -0.39 is 0 Å². The maximum Gasteiger partial charge on any atom is 0.143 e. The fourth-order valence-corrected chi connectivity index (χ4v) is 7.06. The zero-order valence-corrected chi connectivity index (χ0v) is 25.5. The minimum Gasteiger partial charge on any atom is -0.506 e. The second kappa shape index (κ2) is 10.5. The van der Waals surface area contributed by atoms with Gasteiger partial charge in [-0.3, -0.25) is 0 Å². The van der Waals surface area contributed by atoms with Crippen LogP contribution in [0.3, 0.4) is 0 Å². The first-order chi connectivity index (χ1) is 14.5. The molecular weight excluding hydrogens is 792 g/mol. The van der Waals surface area contributed by atoms with Crippen LogP contribution in [0.4, 0.5) is 0 Å². The van der Waals surface area contributed by atoms with E-state index in [2.05, 4.69) is 103 Å². The predicted molar refractivity (Wildman–Crippen MR) is 145 cm³/mol. The molecule has 1 unspecified atom stereocenters. The smallest absolute Gasteiger partial charge is 0.143 e. The van der Waals surface area contributed by atoms with Gasteiger partial charge in [-0.1, -0.05) is 6.92 Å². The Kier molecular flexibility index (Phi) is 8.63. The molecule has 3 N–H and O–H groups in total. The summed E-state index contributed by atoms with van der Waals surface area (Å²) in [5, 5.41) is 30.4. The predicted octanol–water partition coefficient (Wildman–Crippen LogP) is 9.70. The summed E-state index contributed by atoms with van der Waals surface area (Å²) in [6.45, 7) is 2.13. The highest BCUT2D eigenvalue weighted by Crippen LogP contribution is 2.45. The van der Waals surface area contributed by atoms with Crippen LogP contribution >= 0.6 is 95.6 Å². The number of aromatic hydroxyl groups is 3. The SMILES string of the molecule is CC(CC(c1cc(Br)c(O)c(Br)c1)c1cc(Br)c(O)c(Br)c1)c1cc(Br)c(O)c(Br)c1. The van der Waals surface area contributed by atoms with Crippen molar-refractivity contribution in [1.82, 2.24) is 0 Å². The van der Waals surface area contributed by atoms with Gasteiger partial charge in [0.25, 0.3) is 0 Å². The summed E-state index contributed by atoms with van der Waals surface area (Å²) in [6, 6.07) is 11.5. The van der Waals surface area contributed by atoms with E-state index in [0.29, 0.717) is 26.8 Å². The lowest BCUT2D eigenvalue weighted by Gasteiger charge is -2.24. The molecule has 0 heterocycles. The molecule has 0 aliphatic carbocycles. The van der Waals surface area contributed by atoms with E-state index >= 15 is 0 Å². The van der Waals surface area contributed by atoms with Gasteiger partial charge in [-0.15, -0.1) is 0 Å². The van der Waals surface area contributed by atoms with Gasteiger partial charge in [0.05, 0.1) is 26.8 Å². The molecule has 3 nitrogen and oxygen atoms in total. The summed E-state index contributed by atoms with van der Waals surface area (Å²) >= 11 is 20.6. The number of phenols is 3. The van der Waals surface area contributed by atoms with Crippen molar-refractivity contribution in [2.75, 3.05) is 0 Å². The van der Waals surface area contributed by atoms with Crippen molar-refractivity contribution in [2.24, 2.45) is 0 Å². The number of hydrogen-bond acceptors (Lipinski definition) is 3. The molecule has 0 bridgehead atoms. The van der Waals surface area contributed by atoms with Crippen LogP contribution in [0, 0.1) is 0 Å². The summed E-state index contributed by atoms with van der Waals surface area (Å²) in [4.78, 5) is 0. The first kappa shape index (κ1) is 25.6. The monoisotopic (exact) mass is 802 g/mol. The maximum absolute atomic E-state index is 10.2. The third-order valence-electron chi connectivity index (χ3n) is 5.08. The van der Waals surface area contributed by atoms with Crippen molar-refractivity contribution in [2.45, 2.75) is 25.2 Å². The summed E-state index contributed by atoms with van der Waals surface area (Å²) in [5.41, 5.74) is 3.07. The lowest BCUT2D eigenvalue weighted by molar-refractivity contribution is 0.467. The lowest BCUT2D eigenvalue weighted by Crippen LogP contribution is -2.07. The standard InChI is InChI=1S/C22H16Br6O3/c1-9(10-3-14(23)20(29)15(24)4-10)2-13(11-5-16(25)21(30)17(26)6-11)12-7-18(27)22(31)19(28)8-12/h3-9,13,29-31H,2H2,1H3. The third-order valence-corrected chi connectivity index (χ3v) is 8.71. The quantitative estimate of drug-likeness (QED) is 0.241. The van der Waals surface area contributed by atoms with Gasteiger partial charge in [0.1, 0.15) is 17.2 Å². The van der Waals surface area contributed by atoms with Gasteiger partial charge < -0.3 is 15.3 Å². The first-order valence-corrected chi connectivity index (χ1v) is 13.8. The maximum atomic E-state index is 10.2. The molecule has 3 aromatic carbocycles. The number of phenolic OH excluding ortho intramolecular Hbond substituents is 3. The lowest BCUT2D eigenvalue weighted by atomic mass is 9.82. The van der Waals surface area contributed by atoms with Gasteiger partial charge in [-0.25, -0.2) is 0 Å². The van der Waals surface area contributed by atoms with Crippen molar-refractivity contribution in [1.29, 1.82) is 0 Å². The summed E-state index contributed by atoms with van der Waals surface area (Å²) in [6.07, 6.45) is 0.747. The molecule has 3 rings (SSSR count). The van der Waals surface area contributed by atoms with Crippen molar-refractivity contribution in [3.63, 3.8) is 0 Å². The van der Waals surface area contributed by atoms with E-state index in [9.17, 15) is 15.3 Å². The van der Waals surface area contributed by atoms with Crippen LogP contribution in [0.5, 0.6) is 17.2 Å². The first-order valence-electron chi connectivity index (χ1n) is 9.03. The largest absolute Gasteiger partial charge is 0.506 e. The van der Waals surface area contributed by atoms with Gasteiger partial charge in [-0.2, -0.15) is 0 Å². The van der Waals surface area contributed by atoms with Gasteiger partial charge in [0.15, 0.2) is 0 Å². The normalized spacial score (nSPS) is 12.4. The Balaban J connectivity index is 2.10. The Morgan fingerprint density at radius 1 is 0.548 bits per heavy atom. The van der Waals surface area contributed by atoms with Crippen LogP contribution in [-0.4, -0.2) is 15.3 Å². The van der Waals surface area contributed by atoms with Crippen molar-refractivity contribution in [3.05, 3.63) is 79.9 Å². The van der Waals surface area contributed by atoms with Gasteiger partial charge in [-0.05, 0) is 161 Å². The second-order valence-corrected chi connectivity index (χ2v) is 12.3. The molecule has 0 saturated heterocycles. The molecule has 0 aliphatic rings. The molecule has 0 fully saturated rings. The number of halogens is 6. The number of benzene rings is 3. The van der Waals surface area contributed by atoms with Crippen LogP contribution in [0.25, 0.3) is 0 Å². The Bertz CT molecular complexity index is 1020. The topological polar surface area (TPSA) is 60.7 Å². The van der Waals surface area contributed by atoms with E-state index in [1.54, 1.807) is 0 Å². The Morgan fingerprint density at radius 3 is 1.10 bits per heavy atom. The fraction of sp³-hybridized carbons (Fsp3) is 0.182. The van der Waals surface area contributed by atoms with Crippen molar-refractivity contribution in [3.8, 4) is 17.2 Å².